The van der Waals surface area contributed by atoms with Gasteiger partial charge in [0.25, 0.3) is 0 Å². The Morgan fingerprint density at radius 1 is 1.16 bits per heavy atom. The van der Waals surface area contributed by atoms with Gasteiger partial charge in [-0.2, -0.15) is 0 Å². The molecule has 1 aliphatic heterocycles. The second kappa shape index (κ2) is 12.7. The van der Waals surface area contributed by atoms with Crippen molar-refractivity contribution >= 4 is 29.9 Å². The molecule has 2 N–H and O–H groups in total. The maximum absolute atomic E-state index is 13.6. The quantitative estimate of drug-likeness (QED) is 0.228. The zero-order valence-electron chi connectivity index (χ0n) is 17.6. The molecule has 1 saturated heterocycles. The van der Waals surface area contributed by atoms with Crippen LogP contribution >= 0.6 is 24.0 Å². The van der Waals surface area contributed by atoms with Crippen molar-refractivity contribution in [1.29, 1.82) is 0 Å². The van der Waals surface area contributed by atoms with Gasteiger partial charge >= 0.3 is 0 Å². The lowest BCUT2D eigenvalue weighted by Gasteiger charge is -2.18. The van der Waals surface area contributed by atoms with E-state index in [9.17, 15) is 8.78 Å². The van der Waals surface area contributed by atoms with E-state index in [1.54, 1.807) is 7.05 Å². The van der Waals surface area contributed by atoms with E-state index in [2.05, 4.69) is 15.6 Å². The molecule has 1 atom stereocenters. The largest absolute Gasteiger partial charge is 0.489 e. The number of hydrogen-bond acceptors (Lipinski definition) is 4. The minimum atomic E-state index is -0.725. The molecule has 0 radical (unpaired) electrons. The fraction of sp³-hybridized carbons (Fsp3) is 0.409. The summed E-state index contributed by atoms with van der Waals surface area (Å²) in [6.45, 7) is 4.48. The first kappa shape index (κ1) is 25.1. The van der Waals surface area contributed by atoms with Crippen LogP contribution in [0.5, 0.6) is 11.5 Å². The molecule has 3 rings (SSSR count). The highest BCUT2D eigenvalue weighted by atomic mass is 127. The Balaban J connectivity index is 0.00000341. The molecule has 2 aromatic rings. The lowest BCUT2D eigenvalue weighted by Crippen LogP contribution is -2.39. The van der Waals surface area contributed by atoms with E-state index in [-0.39, 0.29) is 42.4 Å². The van der Waals surface area contributed by atoms with E-state index in [0.717, 1.165) is 42.0 Å². The van der Waals surface area contributed by atoms with Crippen LogP contribution in [0.2, 0.25) is 0 Å². The van der Waals surface area contributed by atoms with Crippen molar-refractivity contribution in [1.82, 2.24) is 10.6 Å². The van der Waals surface area contributed by atoms with Crippen molar-refractivity contribution in [3.05, 3.63) is 59.2 Å². The van der Waals surface area contributed by atoms with Crippen LogP contribution in [0.1, 0.15) is 17.5 Å². The second-order valence-electron chi connectivity index (χ2n) is 6.99. The molecule has 0 aromatic heterocycles. The third kappa shape index (κ3) is 7.80. The standard InChI is InChI=1S/C22H27F2N3O3.HI/c1-15-3-4-16(21(11-15)30-18-7-9-28-14-18)13-27-22(25-2)26-8-10-29-20-6-5-17(23)12-19(20)24;/h3-6,11-12,18H,7-10,13-14H2,1-2H3,(H2,25,26,27);1H. The molecule has 1 heterocycles. The van der Waals surface area contributed by atoms with Crippen LogP contribution in [0.4, 0.5) is 8.78 Å². The van der Waals surface area contributed by atoms with Crippen molar-refractivity contribution in [2.45, 2.75) is 26.0 Å². The summed E-state index contributed by atoms with van der Waals surface area (Å²) in [6, 6.07) is 9.31. The van der Waals surface area contributed by atoms with E-state index in [4.69, 9.17) is 14.2 Å². The highest BCUT2D eigenvalue weighted by Gasteiger charge is 2.18. The van der Waals surface area contributed by atoms with Gasteiger partial charge in [-0.25, -0.2) is 8.78 Å². The van der Waals surface area contributed by atoms with Crippen LogP contribution in [-0.4, -0.2) is 45.5 Å². The fourth-order valence-corrected chi connectivity index (χ4v) is 3.03. The molecule has 0 bridgehead atoms. The van der Waals surface area contributed by atoms with Crippen molar-refractivity contribution in [2.24, 2.45) is 4.99 Å². The second-order valence-corrected chi connectivity index (χ2v) is 6.99. The first-order chi connectivity index (χ1) is 14.5. The monoisotopic (exact) mass is 547 g/mol. The van der Waals surface area contributed by atoms with Gasteiger partial charge in [0.05, 0.1) is 19.8 Å². The maximum atomic E-state index is 13.6. The van der Waals surface area contributed by atoms with Crippen molar-refractivity contribution in [3.8, 4) is 11.5 Å². The summed E-state index contributed by atoms with van der Waals surface area (Å²) in [7, 11) is 1.66. The van der Waals surface area contributed by atoms with Crippen LogP contribution < -0.4 is 20.1 Å². The van der Waals surface area contributed by atoms with E-state index >= 15 is 0 Å². The Kier molecular flexibility index (Phi) is 10.3. The Bertz CT molecular complexity index is 877. The Labute approximate surface area is 198 Å². The predicted molar refractivity (Wildman–Crippen MR) is 127 cm³/mol. The highest BCUT2D eigenvalue weighted by Crippen LogP contribution is 2.23. The van der Waals surface area contributed by atoms with Crippen molar-refractivity contribution in [2.75, 3.05) is 33.4 Å². The molecule has 0 saturated carbocycles. The number of nitrogens with zero attached hydrogens (tertiary/aromatic N) is 1. The van der Waals surface area contributed by atoms with E-state index in [1.165, 1.54) is 6.07 Å². The zero-order chi connectivity index (χ0) is 21.3. The molecule has 1 fully saturated rings. The average Bonchev–Trinajstić information content (AvgIpc) is 3.23. The molecule has 0 aliphatic carbocycles. The molecular weight excluding hydrogens is 519 g/mol. The smallest absolute Gasteiger partial charge is 0.191 e. The van der Waals surface area contributed by atoms with Gasteiger partial charge in [0, 0.05) is 31.6 Å². The number of aliphatic imine (C=N–C) groups is 1. The lowest BCUT2D eigenvalue weighted by atomic mass is 10.1. The number of benzene rings is 2. The summed E-state index contributed by atoms with van der Waals surface area (Å²) in [5.74, 6) is 0.0653. The fourth-order valence-electron chi connectivity index (χ4n) is 3.03. The SMILES string of the molecule is CN=C(NCCOc1ccc(F)cc1F)NCc1ccc(C)cc1OC1CCOC1.I. The van der Waals surface area contributed by atoms with Gasteiger partial charge in [-0.3, -0.25) is 4.99 Å². The summed E-state index contributed by atoms with van der Waals surface area (Å²) in [6.07, 6.45) is 0.964. The van der Waals surface area contributed by atoms with Gasteiger partial charge < -0.3 is 24.8 Å². The number of guanidine groups is 1. The normalized spacial score (nSPS) is 15.9. The molecule has 1 aliphatic rings. The number of rotatable bonds is 8. The molecule has 2 aromatic carbocycles. The molecule has 0 amide bonds. The van der Waals surface area contributed by atoms with Gasteiger partial charge in [-0.05, 0) is 30.7 Å². The van der Waals surface area contributed by atoms with Crippen LogP contribution in [0, 0.1) is 18.6 Å². The van der Waals surface area contributed by atoms with E-state index in [0.29, 0.717) is 25.7 Å². The third-order valence-electron chi connectivity index (χ3n) is 4.62. The summed E-state index contributed by atoms with van der Waals surface area (Å²) in [5, 5.41) is 6.34. The summed E-state index contributed by atoms with van der Waals surface area (Å²) >= 11 is 0. The Hall–Kier alpha value is -2.14. The summed E-state index contributed by atoms with van der Waals surface area (Å²) < 4.78 is 43.4. The predicted octanol–water partition coefficient (Wildman–Crippen LogP) is 3.80. The number of hydrogen-bond donors (Lipinski definition) is 2. The van der Waals surface area contributed by atoms with Crippen LogP contribution in [0.3, 0.4) is 0 Å². The number of nitrogens with one attached hydrogen (secondary N) is 2. The van der Waals surface area contributed by atoms with Crippen molar-refractivity contribution in [3.63, 3.8) is 0 Å². The number of ether oxygens (including phenoxy) is 3. The minimum Gasteiger partial charge on any atom is -0.489 e. The van der Waals surface area contributed by atoms with Gasteiger partial charge in [0.1, 0.15) is 24.3 Å². The van der Waals surface area contributed by atoms with Gasteiger partial charge in [-0.1, -0.05) is 12.1 Å². The first-order valence-electron chi connectivity index (χ1n) is 9.91. The molecule has 6 nitrogen and oxygen atoms in total. The van der Waals surface area contributed by atoms with E-state index < -0.39 is 11.6 Å². The van der Waals surface area contributed by atoms with Gasteiger partial charge in [-0.15, -0.1) is 24.0 Å². The third-order valence-corrected chi connectivity index (χ3v) is 4.62. The van der Waals surface area contributed by atoms with Crippen LogP contribution in [0.15, 0.2) is 41.4 Å². The summed E-state index contributed by atoms with van der Waals surface area (Å²) in [4.78, 5) is 4.18. The highest BCUT2D eigenvalue weighted by molar-refractivity contribution is 14.0. The van der Waals surface area contributed by atoms with Gasteiger partial charge in [0.2, 0.25) is 0 Å². The Morgan fingerprint density at radius 3 is 2.71 bits per heavy atom. The molecular formula is C22H28F2IN3O3. The number of halogens is 3. The molecule has 31 heavy (non-hydrogen) atoms. The van der Waals surface area contributed by atoms with Crippen LogP contribution in [0.25, 0.3) is 0 Å². The zero-order valence-corrected chi connectivity index (χ0v) is 20.0. The average molecular weight is 547 g/mol. The van der Waals surface area contributed by atoms with Crippen LogP contribution in [-0.2, 0) is 11.3 Å². The minimum absolute atomic E-state index is 0. The van der Waals surface area contributed by atoms with E-state index in [1.807, 2.05) is 25.1 Å². The first-order valence-corrected chi connectivity index (χ1v) is 9.91. The topological polar surface area (TPSA) is 64.1 Å². The molecule has 9 heteroatoms. The lowest BCUT2D eigenvalue weighted by molar-refractivity contribution is 0.140. The molecule has 0 spiro atoms. The van der Waals surface area contributed by atoms with Gasteiger partial charge in [0.15, 0.2) is 17.5 Å². The van der Waals surface area contributed by atoms with Crippen molar-refractivity contribution < 1.29 is 23.0 Å². The maximum Gasteiger partial charge on any atom is 0.191 e. The molecule has 1 unspecified atom stereocenters. The Morgan fingerprint density at radius 2 is 2.00 bits per heavy atom. The summed E-state index contributed by atoms with van der Waals surface area (Å²) in [5.41, 5.74) is 2.14. The number of aryl methyl sites for hydroxylation is 1. The molecule has 170 valence electrons.